The van der Waals surface area contributed by atoms with Gasteiger partial charge in [0, 0.05) is 0 Å². The molecule has 100 valence electrons. The maximum Gasteiger partial charge on any atom is 0.326 e. The van der Waals surface area contributed by atoms with Crippen LogP contribution in [0.2, 0.25) is 0 Å². The monoisotopic (exact) mass is 282 g/mol. The van der Waals surface area contributed by atoms with Gasteiger partial charge in [0.2, 0.25) is 6.49 Å². The van der Waals surface area contributed by atoms with Crippen molar-refractivity contribution >= 4 is 30.1 Å². The summed E-state index contributed by atoms with van der Waals surface area (Å²) in [6.07, 6.45) is 0. The molecule has 0 aromatic carbocycles. The first-order chi connectivity index (χ1) is 7.92. The lowest BCUT2D eigenvalue weighted by atomic mass is 10.3. The number of hydrogen-bond acceptors (Lipinski definition) is 6. The molecule has 0 saturated heterocycles. The van der Waals surface area contributed by atoms with Crippen LogP contribution in [-0.2, 0) is 35.2 Å². The fourth-order valence-electron chi connectivity index (χ4n) is 1.29. The van der Waals surface area contributed by atoms with Crippen LogP contribution in [0.25, 0.3) is 0 Å². The highest BCUT2D eigenvalue weighted by molar-refractivity contribution is 8.10. The topological polar surface area (TPSA) is 61.8 Å². The predicted octanol–water partition coefficient (Wildman–Crippen LogP) is 1.89. The van der Waals surface area contributed by atoms with E-state index in [1.807, 2.05) is 0 Å². The number of carbonyl (C=O) groups is 2. The Morgan fingerprint density at radius 3 is 1.88 bits per heavy atom. The predicted molar refractivity (Wildman–Crippen MR) is 68.6 cm³/mol. The number of ketones is 1. The minimum Gasteiger partial charge on any atom is -0.465 e. The van der Waals surface area contributed by atoms with Gasteiger partial charge in [-0.15, -0.1) is 0 Å². The first kappa shape index (κ1) is 16.7. The van der Waals surface area contributed by atoms with Gasteiger partial charge >= 0.3 is 5.97 Å². The van der Waals surface area contributed by atoms with Crippen LogP contribution in [0.1, 0.15) is 27.7 Å². The van der Waals surface area contributed by atoms with Gasteiger partial charge in [0.05, 0.1) is 19.8 Å². The van der Waals surface area contributed by atoms with Crippen LogP contribution in [0.3, 0.4) is 0 Å². The van der Waals surface area contributed by atoms with E-state index in [1.165, 1.54) is 6.92 Å². The molecule has 0 rings (SSSR count). The zero-order valence-corrected chi connectivity index (χ0v) is 12.3. The van der Waals surface area contributed by atoms with Crippen LogP contribution in [0.4, 0.5) is 0 Å². The number of hydrogen-bond donors (Lipinski definition) is 0. The van der Waals surface area contributed by atoms with Gasteiger partial charge in [0.25, 0.3) is 0 Å². The third-order valence-corrected chi connectivity index (χ3v) is 5.54. The second-order valence-electron chi connectivity index (χ2n) is 3.14. The molecule has 7 heteroatoms. The van der Waals surface area contributed by atoms with Crippen molar-refractivity contribution in [3.63, 3.8) is 0 Å². The van der Waals surface area contributed by atoms with E-state index >= 15 is 0 Å². The molecule has 0 saturated carbocycles. The SMILES string of the molecule is CCOC(=O)C(C(C)=O)P(=S)(OCC)OCC. The lowest BCUT2D eigenvalue weighted by Gasteiger charge is -2.26. The highest BCUT2D eigenvalue weighted by atomic mass is 32.5. The molecular formula is C10H19O5PS. The molecule has 0 spiro atoms. The van der Waals surface area contributed by atoms with E-state index < -0.39 is 18.1 Å². The van der Waals surface area contributed by atoms with Crippen LogP contribution in [0.5, 0.6) is 0 Å². The van der Waals surface area contributed by atoms with E-state index in [9.17, 15) is 9.59 Å². The Labute approximate surface area is 107 Å². The highest BCUT2D eigenvalue weighted by Crippen LogP contribution is 2.54. The molecule has 0 aromatic heterocycles. The van der Waals surface area contributed by atoms with Crippen LogP contribution in [-0.4, -0.2) is 37.2 Å². The molecule has 0 aromatic rings. The number of rotatable bonds is 8. The summed E-state index contributed by atoms with van der Waals surface area (Å²) in [6, 6.07) is 0. The smallest absolute Gasteiger partial charge is 0.326 e. The van der Waals surface area contributed by atoms with Crippen molar-refractivity contribution in [2.75, 3.05) is 19.8 Å². The van der Waals surface area contributed by atoms with Crippen LogP contribution in [0, 0.1) is 0 Å². The van der Waals surface area contributed by atoms with Crippen LogP contribution in [0.15, 0.2) is 0 Å². The summed E-state index contributed by atoms with van der Waals surface area (Å²) in [5.41, 5.74) is -1.13. The summed E-state index contributed by atoms with van der Waals surface area (Å²) in [5, 5.41) is 0. The van der Waals surface area contributed by atoms with E-state index in [0.717, 1.165) is 0 Å². The standard InChI is InChI=1S/C10H19O5PS/c1-5-13-10(12)9(8(4)11)16(17,14-6-2)15-7-3/h9H,5-7H2,1-4H3. The van der Waals surface area contributed by atoms with Gasteiger partial charge < -0.3 is 13.8 Å². The quantitative estimate of drug-likeness (QED) is 0.385. The first-order valence-corrected chi connectivity index (χ1v) is 8.19. The number of ether oxygens (including phenoxy) is 1. The molecule has 0 N–H and O–H groups in total. The Bertz CT molecular complexity index is 308. The molecule has 0 amide bonds. The third kappa shape index (κ3) is 4.84. The minimum atomic E-state index is -2.96. The molecule has 5 nitrogen and oxygen atoms in total. The van der Waals surface area contributed by atoms with Gasteiger partial charge in [-0.2, -0.15) is 0 Å². The highest BCUT2D eigenvalue weighted by Gasteiger charge is 2.41. The normalized spacial score (nSPS) is 13.2. The molecule has 0 bridgehead atoms. The summed E-state index contributed by atoms with van der Waals surface area (Å²) >= 11 is 5.23. The van der Waals surface area contributed by atoms with Gasteiger partial charge in [0.15, 0.2) is 11.4 Å². The van der Waals surface area contributed by atoms with E-state index in [0.29, 0.717) is 13.2 Å². The van der Waals surface area contributed by atoms with Crippen molar-refractivity contribution in [3.8, 4) is 0 Å². The Kier molecular flexibility index (Phi) is 7.79. The molecular weight excluding hydrogens is 263 g/mol. The van der Waals surface area contributed by atoms with Crippen molar-refractivity contribution in [2.45, 2.75) is 33.4 Å². The minimum absolute atomic E-state index is 0.191. The molecule has 0 aliphatic carbocycles. The molecule has 0 aliphatic rings. The third-order valence-electron chi connectivity index (χ3n) is 1.83. The van der Waals surface area contributed by atoms with E-state index in [-0.39, 0.29) is 12.4 Å². The maximum atomic E-state index is 11.7. The summed E-state index contributed by atoms with van der Waals surface area (Å²) in [7, 11) is 0. The van der Waals surface area contributed by atoms with Crippen molar-refractivity contribution in [3.05, 3.63) is 0 Å². The molecule has 1 unspecified atom stereocenters. The molecule has 17 heavy (non-hydrogen) atoms. The molecule has 0 fully saturated rings. The second-order valence-corrected chi connectivity index (χ2v) is 6.78. The maximum absolute atomic E-state index is 11.7. The average molecular weight is 282 g/mol. The molecule has 1 atom stereocenters. The summed E-state index contributed by atoms with van der Waals surface area (Å²) < 4.78 is 15.5. The zero-order valence-electron chi connectivity index (χ0n) is 10.6. The first-order valence-electron chi connectivity index (χ1n) is 5.48. The second kappa shape index (κ2) is 7.93. The van der Waals surface area contributed by atoms with Crippen LogP contribution < -0.4 is 0 Å². The number of carbonyl (C=O) groups excluding carboxylic acids is 2. The summed E-state index contributed by atoms with van der Waals surface area (Å²) in [5.74, 6) is -1.04. The van der Waals surface area contributed by atoms with Gasteiger partial charge in [-0.3, -0.25) is 9.59 Å². The largest absolute Gasteiger partial charge is 0.465 e. The Balaban J connectivity index is 5.16. The Morgan fingerprint density at radius 1 is 1.12 bits per heavy atom. The van der Waals surface area contributed by atoms with E-state index in [1.54, 1.807) is 20.8 Å². The van der Waals surface area contributed by atoms with Crippen molar-refractivity contribution in [1.29, 1.82) is 0 Å². The fraction of sp³-hybridized carbons (Fsp3) is 0.800. The zero-order chi connectivity index (χ0) is 13.5. The van der Waals surface area contributed by atoms with Crippen molar-refractivity contribution in [1.82, 2.24) is 0 Å². The van der Waals surface area contributed by atoms with Crippen LogP contribution >= 0.6 is 6.49 Å². The van der Waals surface area contributed by atoms with Gasteiger partial charge in [-0.25, -0.2) is 0 Å². The molecule has 0 radical (unpaired) electrons. The number of Topliss-reactive ketones (excluding diaryl/α,β-unsaturated/α-hetero) is 1. The lowest BCUT2D eigenvalue weighted by molar-refractivity contribution is -0.145. The Hall–Kier alpha value is -0.290. The average Bonchev–Trinajstić information content (AvgIpc) is 2.17. The Morgan fingerprint density at radius 2 is 1.59 bits per heavy atom. The summed E-state index contributed by atoms with van der Waals surface area (Å²) in [6.45, 7) is 4.25. The van der Waals surface area contributed by atoms with Gasteiger partial charge in [0.1, 0.15) is 0 Å². The summed E-state index contributed by atoms with van der Waals surface area (Å²) in [4.78, 5) is 23.3. The van der Waals surface area contributed by atoms with E-state index in [4.69, 9.17) is 25.6 Å². The van der Waals surface area contributed by atoms with Crippen molar-refractivity contribution < 1.29 is 23.4 Å². The lowest BCUT2D eigenvalue weighted by Crippen LogP contribution is -2.32. The molecule has 0 aliphatic heterocycles. The van der Waals surface area contributed by atoms with E-state index in [2.05, 4.69) is 0 Å². The van der Waals surface area contributed by atoms with Gasteiger partial charge in [-0.1, -0.05) is 0 Å². The fourth-order valence-corrected chi connectivity index (χ4v) is 4.49. The van der Waals surface area contributed by atoms with Gasteiger partial charge in [-0.05, 0) is 39.5 Å². The van der Waals surface area contributed by atoms with Crippen molar-refractivity contribution in [2.24, 2.45) is 0 Å². The number of esters is 1. The molecule has 0 heterocycles.